The number of aryl methyl sites for hydroxylation is 1. The van der Waals surface area contributed by atoms with Gasteiger partial charge in [-0.2, -0.15) is 13.2 Å². The van der Waals surface area contributed by atoms with Crippen molar-refractivity contribution in [3.8, 4) is 17.0 Å². The summed E-state index contributed by atoms with van der Waals surface area (Å²) in [5, 5.41) is 11.5. The number of halogens is 3. The Labute approximate surface area is 289 Å². The molecule has 2 aromatic carbocycles. The second-order valence-electron chi connectivity index (χ2n) is 13.3. The molecule has 5 rings (SSSR count). The van der Waals surface area contributed by atoms with Crippen LogP contribution in [0.25, 0.3) is 22.2 Å². The van der Waals surface area contributed by atoms with Gasteiger partial charge < -0.3 is 14.4 Å². The first-order chi connectivity index (χ1) is 23.1. The predicted molar refractivity (Wildman–Crippen MR) is 187 cm³/mol. The molecule has 3 heterocycles. The fourth-order valence-electron chi connectivity index (χ4n) is 5.77. The number of thioether (sulfide) groups is 1. The van der Waals surface area contributed by atoms with Crippen LogP contribution >= 0.6 is 11.8 Å². The van der Waals surface area contributed by atoms with Crippen LogP contribution in [0.15, 0.2) is 78.1 Å². The second-order valence-corrected chi connectivity index (χ2v) is 15.1. The lowest BCUT2D eigenvalue weighted by Crippen LogP contribution is -2.33. The fraction of sp³-hybridized carbons (Fsp3) is 0.368. The maximum absolute atomic E-state index is 13.1. The van der Waals surface area contributed by atoms with Gasteiger partial charge in [-0.3, -0.25) is 19.7 Å². The van der Waals surface area contributed by atoms with E-state index in [1.54, 1.807) is 24.2 Å². The lowest BCUT2D eigenvalue weighted by atomic mass is 9.78. The van der Waals surface area contributed by atoms with Crippen LogP contribution in [0.3, 0.4) is 0 Å². The molecule has 7 nitrogen and oxygen atoms in total. The molecule has 0 amide bonds. The number of hydrogen-bond donors (Lipinski definition) is 1. The SMILES string of the molecule is CCC(CC)(Cc1c(SC(C)(C)C)c2cc(OCc3cnc(C)cn3)ccc2n1Cc1ccc(-c2ccc(C(F)(F)F)cn2)cc1)C(=O)O. The largest absolute Gasteiger partial charge is 0.487 e. The highest BCUT2D eigenvalue weighted by molar-refractivity contribution is 8.00. The summed E-state index contributed by atoms with van der Waals surface area (Å²) in [5.74, 6) is -0.157. The zero-order chi connectivity index (χ0) is 35.6. The number of rotatable bonds is 12. The van der Waals surface area contributed by atoms with E-state index in [9.17, 15) is 23.1 Å². The van der Waals surface area contributed by atoms with Gasteiger partial charge in [0, 0.05) is 57.2 Å². The molecule has 0 aliphatic rings. The molecule has 0 aliphatic carbocycles. The van der Waals surface area contributed by atoms with E-state index in [0.29, 0.717) is 48.5 Å². The van der Waals surface area contributed by atoms with Crippen molar-refractivity contribution >= 4 is 28.6 Å². The van der Waals surface area contributed by atoms with Gasteiger partial charge in [0.15, 0.2) is 0 Å². The van der Waals surface area contributed by atoms with E-state index in [1.165, 1.54) is 6.07 Å². The zero-order valence-corrected chi connectivity index (χ0v) is 29.4. The minimum absolute atomic E-state index is 0.178. The molecule has 0 unspecified atom stereocenters. The number of nitrogens with zero attached hydrogens (tertiary/aromatic N) is 4. The molecule has 49 heavy (non-hydrogen) atoms. The van der Waals surface area contributed by atoms with Crippen LogP contribution in [0.1, 0.15) is 75.7 Å². The van der Waals surface area contributed by atoms with Crippen LogP contribution in [0, 0.1) is 12.3 Å². The summed E-state index contributed by atoms with van der Waals surface area (Å²) in [5.41, 5.74) is 3.76. The molecule has 0 spiro atoms. The number of pyridine rings is 1. The third-order valence-corrected chi connectivity index (χ3v) is 9.99. The number of fused-ring (bicyclic) bond motifs is 1. The van der Waals surface area contributed by atoms with Crippen molar-refractivity contribution in [3.63, 3.8) is 0 Å². The van der Waals surface area contributed by atoms with E-state index >= 15 is 0 Å². The van der Waals surface area contributed by atoms with E-state index in [-0.39, 0.29) is 11.4 Å². The third-order valence-electron chi connectivity index (χ3n) is 8.72. The summed E-state index contributed by atoms with van der Waals surface area (Å²) < 4.78 is 47.4. The van der Waals surface area contributed by atoms with Crippen LogP contribution in [0.5, 0.6) is 5.75 Å². The van der Waals surface area contributed by atoms with Gasteiger partial charge in [-0.1, -0.05) is 58.9 Å². The van der Waals surface area contributed by atoms with Gasteiger partial charge in [-0.15, -0.1) is 11.8 Å². The summed E-state index contributed by atoms with van der Waals surface area (Å²) >= 11 is 1.71. The minimum atomic E-state index is -4.45. The number of carboxylic acids is 1. The van der Waals surface area contributed by atoms with Crippen molar-refractivity contribution in [2.45, 2.75) is 89.8 Å². The normalized spacial score (nSPS) is 12.4. The number of carboxylic acid groups (broad SMARTS) is 1. The molecular formula is C38H41F3N4O3S. The zero-order valence-electron chi connectivity index (χ0n) is 28.6. The molecular weight excluding hydrogens is 650 g/mol. The Morgan fingerprint density at radius 2 is 1.63 bits per heavy atom. The summed E-state index contributed by atoms with van der Waals surface area (Å²) in [6.45, 7) is 12.9. The van der Waals surface area contributed by atoms with Crippen molar-refractivity contribution in [2.24, 2.45) is 5.41 Å². The lowest BCUT2D eigenvalue weighted by molar-refractivity contribution is -0.149. The average molecular weight is 691 g/mol. The van der Waals surface area contributed by atoms with E-state index in [2.05, 4.69) is 40.3 Å². The minimum Gasteiger partial charge on any atom is -0.487 e. The van der Waals surface area contributed by atoms with Gasteiger partial charge >= 0.3 is 12.1 Å². The quantitative estimate of drug-likeness (QED) is 0.130. The molecule has 11 heteroatoms. The Kier molecular flexibility index (Phi) is 10.4. The van der Waals surface area contributed by atoms with Crippen molar-refractivity contribution in [3.05, 3.63) is 101 Å². The maximum Gasteiger partial charge on any atom is 0.417 e. The highest BCUT2D eigenvalue weighted by Gasteiger charge is 2.38. The Morgan fingerprint density at radius 3 is 2.18 bits per heavy atom. The van der Waals surface area contributed by atoms with Crippen molar-refractivity contribution in [2.75, 3.05) is 0 Å². The van der Waals surface area contributed by atoms with Crippen molar-refractivity contribution in [1.29, 1.82) is 0 Å². The molecule has 0 saturated carbocycles. The molecule has 0 atom stereocenters. The summed E-state index contributed by atoms with van der Waals surface area (Å²) in [6, 6.07) is 15.9. The Balaban J connectivity index is 1.58. The van der Waals surface area contributed by atoms with E-state index < -0.39 is 23.1 Å². The van der Waals surface area contributed by atoms with E-state index in [1.807, 2.05) is 63.2 Å². The van der Waals surface area contributed by atoms with Gasteiger partial charge in [-0.25, -0.2) is 0 Å². The number of aliphatic carboxylic acids is 1. The average Bonchev–Trinajstić information content (AvgIpc) is 3.32. The fourth-order valence-corrected chi connectivity index (χ4v) is 6.95. The molecule has 0 bridgehead atoms. The predicted octanol–water partition coefficient (Wildman–Crippen LogP) is 9.77. The number of aromatic nitrogens is 4. The van der Waals surface area contributed by atoms with Crippen LogP contribution in [0.4, 0.5) is 13.2 Å². The Hall–Kier alpha value is -4.38. The molecule has 3 aromatic heterocycles. The van der Waals surface area contributed by atoms with Gasteiger partial charge in [0.05, 0.1) is 34.3 Å². The first-order valence-corrected chi connectivity index (χ1v) is 17.0. The third kappa shape index (κ3) is 8.26. The molecule has 0 saturated heterocycles. The summed E-state index contributed by atoms with van der Waals surface area (Å²) in [7, 11) is 0. The van der Waals surface area contributed by atoms with Gasteiger partial charge in [-0.05, 0) is 55.7 Å². The van der Waals surface area contributed by atoms with E-state index in [4.69, 9.17) is 4.74 Å². The summed E-state index contributed by atoms with van der Waals surface area (Å²) in [4.78, 5) is 26.6. The van der Waals surface area contributed by atoms with Gasteiger partial charge in [0.25, 0.3) is 0 Å². The van der Waals surface area contributed by atoms with Crippen molar-refractivity contribution in [1.82, 2.24) is 19.5 Å². The number of carbonyl (C=O) groups is 1. The van der Waals surface area contributed by atoms with Crippen LogP contribution in [-0.4, -0.2) is 35.3 Å². The molecule has 5 aromatic rings. The van der Waals surface area contributed by atoms with Crippen LogP contribution in [-0.2, 0) is 30.5 Å². The highest BCUT2D eigenvalue weighted by Crippen LogP contribution is 2.45. The lowest BCUT2D eigenvalue weighted by Gasteiger charge is -2.29. The maximum atomic E-state index is 13.1. The van der Waals surface area contributed by atoms with E-state index in [0.717, 1.165) is 45.0 Å². The standard InChI is InChI=1S/C38H41F3N4O3S/c1-7-37(8-2,35(46)47)18-33-34(49-36(4,5)6)30-17-29(48-23-28-21-42-24(3)19-43-28)14-16-32(30)45(33)22-25-9-11-26(12-10-25)31-15-13-27(20-44-31)38(39,40)41/h9-17,19-21H,7-8,18,22-23H2,1-6H3,(H,46,47). The van der Waals surface area contributed by atoms with Gasteiger partial charge in [0.1, 0.15) is 12.4 Å². The van der Waals surface area contributed by atoms with Crippen LogP contribution in [0.2, 0.25) is 0 Å². The molecule has 1 N–H and O–H groups in total. The van der Waals surface area contributed by atoms with Crippen molar-refractivity contribution < 1.29 is 27.8 Å². The molecule has 0 radical (unpaired) electrons. The highest BCUT2D eigenvalue weighted by atomic mass is 32.2. The summed E-state index contributed by atoms with van der Waals surface area (Å²) in [6.07, 6.45) is 1.08. The smallest absolute Gasteiger partial charge is 0.417 e. The topological polar surface area (TPSA) is 90.1 Å². The molecule has 0 aliphatic heterocycles. The first-order valence-electron chi connectivity index (χ1n) is 16.2. The molecule has 0 fully saturated rings. The number of benzene rings is 2. The molecule has 258 valence electrons. The number of hydrogen-bond acceptors (Lipinski definition) is 6. The Morgan fingerprint density at radius 1 is 0.918 bits per heavy atom. The second kappa shape index (κ2) is 14.2. The number of alkyl halides is 3. The number of ether oxygens (including phenoxy) is 1. The Bertz CT molecular complexity index is 1910. The van der Waals surface area contributed by atoms with Crippen LogP contribution < -0.4 is 4.74 Å². The van der Waals surface area contributed by atoms with Gasteiger partial charge in [0.2, 0.25) is 0 Å². The monoisotopic (exact) mass is 690 g/mol. The first kappa shape index (κ1) is 35.9.